The zero-order valence-corrected chi connectivity index (χ0v) is 13.8. The van der Waals surface area contributed by atoms with E-state index in [0.29, 0.717) is 16.5 Å². The molecule has 6 heteroatoms. The average Bonchev–Trinajstić information content (AvgIpc) is 2.93. The molecule has 0 fully saturated rings. The first-order valence-electron chi connectivity index (χ1n) is 6.76. The van der Waals surface area contributed by atoms with E-state index in [9.17, 15) is 10.1 Å². The van der Waals surface area contributed by atoms with E-state index in [4.69, 9.17) is 9.47 Å². The minimum atomic E-state index is -0.609. The number of fused-ring (bicyclic) bond motifs is 1. The summed E-state index contributed by atoms with van der Waals surface area (Å²) in [6.07, 6.45) is 1.82. The van der Waals surface area contributed by atoms with Gasteiger partial charge in [0, 0.05) is 17.2 Å². The molecule has 2 rings (SSSR count). The second kappa shape index (κ2) is 6.32. The SMILES string of the molecule is CS/C(Nc1ccc2c(c1)OCO2)=C(\C#N)C(=O)C(C)(C)C. The van der Waals surface area contributed by atoms with Crippen LogP contribution in [0.3, 0.4) is 0 Å². The first kappa shape index (κ1) is 16.2. The summed E-state index contributed by atoms with van der Waals surface area (Å²) in [5, 5.41) is 13.0. The van der Waals surface area contributed by atoms with Crippen LogP contribution in [0.2, 0.25) is 0 Å². The number of benzene rings is 1. The van der Waals surface area contributed by atoms with Gasteiger partial charge in [0.15, 0.2) is 17.3 Å². The van der Waals surface area contributed by atoms with Crippen molar-refractivity contribution in [3.63, 3.8) is 0 Å². The summed E-state index contributed by atoms with van der Waals surface area (Å²) < 4.78 is 10.6. The summed E-state index contributed by atoms with van der Waals surface area (Å²) in [6, 6.07) is 7.42. The summed E-state index contributed by atoms with van der Waals surface area (Å²) >= 11 is 1.33. The van der Waals surface area contributed by atoms with Crippen LogP contribution in [0.25, 0.3) is 0 Å². The van der Waals surface area contributed by atoms with Crippen LogP contribution in [0.1, 0.15) is 20.8 Å². The van der Waals surface area contributed by atoms with Crippen molar-refractivity contribution in [1.29, 1.82) is 5.26 Å². The molecule has 0 saturated carbocycles. The number of allylic oxidation sites excluding steroid dienone is 1. The number of carbonyl (C=O) groups is 1. The van der Waals surface area contributed by atoms with Gasteiger partial charge in [0.2, 0.25) is 6.79 Å². The second-order valence-corrected chi connectivity index (χ2v) is 6.61. The van der Waals surface area contributed by atoms with Gasteiger partial charge in [-0.15, -0.1) is 11.8 Å². The van der Waals surface area contributed by atoms with Gasteiger partial charge in [-0.2, -0.15) is 5.26 Å². The van der Waals surface area contributed by atoms with Crippen LogP contribution in [0.4, 0.5) is 5.69 Å². The number of ether oxygens (including phenoxy) is 2. The highest BCUT2D eigenvalue weighted by molar-refractivity contribution is 8.02. The number of nitrogens with zero attached hydrogens (tertiary/aromatic N) is 1. The fourth-order valence-electron chi connectivity index (χ4n) is 1.90. The van der Waals surface area contributed by atoms with Gasteiger partial charge in [0.05, 0.1) is 5.03 Å². The molecule has 1 aromatic carbocycles. The Morgan fingerprint density at radius 2 is 2.00 bits per heavy atom. The molecule has 1 aliphatic heterocycles. The van der Waals surface area contributed by atoms with Gasteiger partial charge < -0.3 is 14.8 Å². The van der Waals surface area contributed by atoms with E-state index in [2.05, 4.69) is 5.32 Å². The minimum Gasteiger partial charge on any atom is -0.454 e. The zero-order chi connectivity index (χ0) is 16.3. The van der Waals surface area contributed by atoms with E-state index in [1.165, 1.54) is 11.8 Å². The molecule has 0 atom stereocenters. The molecule has 1 heterocycles. The Labute approximate surface area is 134 Å². The van der Waals surface area contributed by atoms with Crippen molar-refractivity contribution in [3.8, 4) is 17.6 Å². The van der Waals surface area contributed by atoms with Crippen LogP contribution >= 0.6 is 11.8 Å². The molecular weight excluding hydrogens is 300 g/mol. The van der Waals surface area contributed by atoms with Crippen LogP contribution < -0.4 is 14.8 Å². The van der Waals surface area contributed by atoms with Crippen molar-refractivity contribution >= 4 is 23.2 Å². The Morgan fingerprint density at radius 3 is 2.59 bits per heavy atom. The number of thioether (sulfide) groups is 1. The molecule has 0 spiro atoms. The maximum Gasteiger partial charge on any atom is 0.231 e. The molecule has 0 amide bonds. The summed E-state index contributed by atoms with van der Waals surface area (Å²) in [7, 11) is 0. The van der Waals surface area contributed by atoms with Crippen molar-refractivity contribution in [2.45, 2.75) is 20.8 Å². The quantitative estimate of drug-likeness (QED) is 0.676. The number of carbonyl (C=O) groups excluding carboxylic acids is 1. The van der Waals surface area contributed by atoms with E-state index in [0.717, 1.165) is 5.69 Å². The van der Waals surface area contributed by atoms with Crippen molar-refractivity contribution in [2.24, 2.45) is 5.41 Å². The Balaban J connectivity index is 2.33. The molecule has 1 N–H and O–H groups in total. The number of nitriles is 1. The number of hydrogen-bond acceptors (Lipinski definition) is 6. The summed E-state index contributed by atoms with van der Waals surface area (Å²) in [4.78, 5) is 12.4. The maximum atomic E-state index is 12.4. The van der Waals surface area contributed by atoms with Gasteiger partial charge in [-0.25, -0.2) is 0 Å². The molecule has 22 heavy (non-hydrogen) atoms. The van der Waals surface area contributed by atoms with E-state index in [1.807, 2.05) is 18.4 Å². The van der Waals surface area contributed by atoms with Crippen LogP contribution in [0.15, 0.2) is 28.8 Å². The molecule has 1 aliphatic rings. The lowest BCUT2D eigenvalue weighted by Gasteiger charge is -2.18. The van der Waals surface area contributed by atoms with Crippen molar-refractivity contribution < 1.29 is 14.3 Å². The number of nitrogens with one attached hydrogen (secondary N) is 1. The topological polar surface area (TPSA) is 71.3 Å². The Bertz CT molecular complexity index is 669. The standard InChI is InChI=1S/C16H18N2O3S/c1-16(2,3)14(19)11(8-17)15(22-4)18-10-5-6-12-13(7-10)21-9-20-12/h5-7,18H,9H2,1-4H3/b15-11+. The van der Waals surface area contributed by atoms with Crippen LogP contribution in [-0.2, 0) is 4.79 Å². The fourth-order valence-corrected chi connectivity index (χ4v) is 2.46. The van der Waals surface area contributed by atoms with Gasteiger partial charge in [-0.1, -0.05) is 20.8 Å². The number of rotatable bonds is 4. The predicted octanol–water partition coefficient (Wildman–Crippen LogP) is 3.54. The average molecular weight is 318 g/mol. The number of ketones is 1. The maximum absolute atomic E-state index is 12.4. The fraction of sp³-hybridized carbons (Fsp3) is 0.375. The van der Waals surface area contributed by atoms with Crippen LogP contribution in [0, 0.1) is 16.7 Å². The Hall–Kier alpha value is -2.13. The third kappa shape index (κ3) is 3.37. The number of hydrogen-bond donors (Lipinski definition) is 1. The van der Waals surface area contributed by atoms with Crippen molar-refractivity contribution in [1.82, 2.24) is 0 Å². The lowest BCUT2D eigenvalue weighted by atomic mass is 9.87. The largest absolute Gasteiger partial charge is 0.454 e. The molecule has 0 aromatic heterocycles. The van der Waals surface area contributed by atoms with Crippen LogP contribution in [-0.4, -0.2) is 18.8 Å². The molecule has 0 bridgehead atoms. The third-order valence-corrected chi connectivity index (χ3v) is 3.80. The van der Waals surface area contributed by atoms with Crippen molar-refractivity contribution in [2.75, 3.05) is 18.4 Å². The Morgan fingerprint density at radius 1 is 1.32 bits per heavy atom. The molecule has 0 radical (unpaired) electrons. The van der Waals surface area contributed by atoms with E-state index in [1.54, 1.807) is 32.9 Å². The van der Waals surface area contributed by atoms with E-state index in [-0.39, 0.29) is 18.1 Å². The van der Waals surface area contributed by atoms with Gasteiger partial charge >= 0.3 is 0 Å². The van der Waals surface area contributed by atoms with E-state index < -0.39 is 5.41 Å². The summed E-state index contributed by atoms with van der Waals surface area (Å²) in [6.45, 7) is 5.59. The minimum absolute atomic E-state index is 0.137. The van der Waals surface area contributed by atoms with Crippen LogP contribution in [0.5, 0.6) is 11.5 Å². The second-order valence-electron chi connectivity index (χ2n) is 5.79. The summed E-state index contributed by atoms with van der Waals surface area (Å²) in [5.41, 5.74) is 0.267. The lowest BCUT2D eigenvalue weighted by molar-refractivity contribution is -0.122. The highest BCUT2D eigenvalue weighted by Crippen LogP contribution is 2.35. The molecular formula is C16H18N2O3S. The highest BCUT2D eigenvalue weighted by atomic mass is 32.2. The van der Waals surface area contributed by atoms with Gasteiger partial charge in [-0.05, 0) is 18.4 Å². The number of anilines is 1. The molecule has 116 valence electrons. The van der Waals surface area contributed by atoms with Gasteiger partial charge in [-0.3, -0.25) is 4.79 Å². The lowest BCUT2D eigenvalue weighted by Crippen LogP contribution is -2.23. The van der Waals surface area contributed by atoms with Crippen molar-refractivity contribution in [3.05, 3.63) is 28.8 Å². The Kier molecular flexibility index (Phi) is 4.67. The first-order valence-corrected chi connectivity index (χ1v) is 7.99. The molecule has 0 saturated heterocycles. The molecule has 0 aliphatic carbocycles. The zero-order valence-electron chi connectivity index (χ0n) is 13.0. The van der Waals surface area contributed by atoms with Gasteiger partial charge in [0.1, 0.15) is 11.6 Å². The number of Topliss-reactive ketones (excluding diaryl/α,β-unsaturated/α-hetero) is 1. The normalized spacial score (nSPS) is 14.1. The first-order chi connectivity index (χ1) is 10.4. The van der Waals surface area contributed by atoms with E-state index >= 15 is 0 Å². The smallest absolute Gasteiger partial charge is 0.231 e. The monoisotopic (exact) mass is 318 g/mol. The van der Waals surface area contributed by atoms with Gasteiger partial charge in [0.25, 0.3) is 0 Å². The third-order valence-electron chi connectivity index (χ3n) is 3.08. The highest BCUT2D eigenvalue weighted by Gasteiger charge is 2.27. The summed E-state index contributed by atoms with van der Waals surface area (Å²) in [5.74, 6) is 1.14. The molecule has 0 unspecified atom stereocenters. The molecule has 1 aromatic rings. The predicted molar refractivity (Wildman–Crippen MR) is 86.8 cm³/mol. The molecule has 5 nitrogen and oxygen atoms in total.